The Morgan fingerprint density at radius 1 is 1.06 bits per heavy atom. The van der Waals surface area contributed by atoms with E-state index in [4.69, 9.17) is 9.40 Å². The van der Waals surface area contributed by atoms with E-state index in [1.807, 2.05) is 33.8 Å². The monoisotopic (exact) mass is 445 g/mol. The molecule has 0 saturated carbocycles. The zero-order chi connectivity index (χ0) is 23.1. The lowest BCUT2D eigenvalue weighted by Crippen LogP contribution is -2.22. The quantitative estimate of drug-likeness (QED) is 0.470. The average Bonchev–Trinajstić information content (AvgIpc) is 3.37. The number of anilines is 2. The maximum atomic E-state index is 12.7. The number of rotatable bonds is 5. The van der Waals surface area contributed by atoms with Crippen LogP contribution in [0.15, 0.2) is 34.8 Å². The van der Waals surface area contributed by atoms with E-state index in [0.29, 0.717) is 28.8 Å². The fourth-order valence-corrected chi connectivity index (χ4v) is 3.77. The van der Waals surface area contributed by atoms with Crippen LogP contribution in [0.4, 0.5) is 24.9 Å². The molecule has 0 fully saturated rings. The Morgan fingerprint density at radius 3 is 2.44 bits per heavy atom. The number of hydrogen-bond acceptors (Lipinski definition) is 6. The average molecular weight is 445 g/mol. The second kappa shape index (κ2) is 8.11. The summed E-state index contributed by atoms with van der Waals surface area (Å²) in [7, 11) is 0. The molecule has 1 aliphatic carbocycles. The standard InChI is InChI=1S/C23H26F3N5O/c1-13-9-18(20-30-31-21(32-20)28-14-7-5-6-8-14)29-19-16(13)10-15(27-12-23(24,25)26)11-17(19)22(2,3)4/h5-6,9-11,14,27H,7-8,12H2,1-4H3,(H,28,31). The van der Waals surface area contributed by atoms with Crippen molar-refractivity contribution < 1.29 is 17.6 Å². The lowest BCUT2D eigenvalue weighted by molar-refractivity contribution is -0.115. The van der Waals surface area contributed by atoms with Crippen LogP contribution in [0.5, 0.6) is 0 Å². The molecule has 0 aliphatic heterocycles. The number of aryl methyl sites for hydroxylation is 1. The molecule has 0 amide bonds. The number of fused-ring (bicyclic) bond motifs is 1. The lowest BCUT2D eigenvalue weighted by atomic mass is 9.84. The lowest BCUT2D eigenvalue weighted by Gasteiger charge is -2.23. The molecule has 9 heteroatoms. The summed E-state index contributed by atoms with van der Waals surface area (Å²) in [4.78, 5) is 4.78. The van der Waals surface area contributed by atoms with Crippen LogP contribution in [0.2, 0.25) is 0 Å². The van der Waals surface area contributed by atoms with Gasteiger partial charge in [-0.3, -0.25) is 0 Å². The Morgan fingerprint density at radius 2 is 1.78 bits per heavy atom. The van der Waals surface area contributed by atoms with E-state index in [-0.39, 0.29) is 11.5 Å². The molecule has 170 valence electrons. The molecule has 32 heavy (non-hydrogen) atoms. The first-order chi connectivity index (χ1) is 15.0. The molecule has 2 N–H and O–H groups in total. The van der Waals surface area contributed by atoms with Gasteiger partial charge in [-0.1, -0.05) is 38.0 Å². The van der Waals surface area contributed by atoms with E-state index in [1.54, 1.807) is 12.1 Å². The van der Waals surface area contributed by atoms with E-state index in [2.05, 4.69) is 33.0 Å². The molecular weight excluding hydrogens is 419 g/mol. The number of benzene rings is 1. The summed E-state index contributed by atoms with van der Waals surface area (Å²) in [5, 5.41) is 14.7. The Labute approximate surface area is 184 Å². The van der Waals surface area contributed by atoms with Crippen molar-refractivity contribution in [3.8, 4) is 11.6 Å². The summed E-state index contributed by atoms with van der Waals surface area (Å²) in [6, 6.07) is 5.84. The van der Waals surface area contributed by atoms with Gasteiger partial charge in [-0.15, -0.1) is 5.10 Å². The van der Waals surface area contributed by atoms with Crippen molar-refractivity contribution in [2.24, 2.45) is 0 Å². The predicted molar refractivity (Wildman–Crippen MR) is 119 cm³/mol. The van der Waals surface area contributed by atoms with Gasteiger partial charge in [-0.05, 0) is 54.5 Å². The third-order valence-electron chi connectivity index (χ3n) is 5.40. The van der Waals surface area contributed by atoms with Crippen molar-refractivity contribution in [2.45, 2.75) is 58.2 Å². The highest BCUT2D eigenvalue weighted by Crippen LogP contribution is 2.35. The van der Waals surface area contributed by atoms with Crippen LogP contribution in [0.1, 0.15) is 44.7 Å². The molecule has 0 atom stereocenters. The Hall–Kier alpha value is -3.10. The minimum atomic E-state index is -4.30. The first kappa shape index (κ1) is 22.1. The zero-order valence-electron chi connectivity index (χ0n) is 18.5. The SMILES string of the molecule is Cc1cc(-c2nnc(NC3CC=CC3)o2)nc2c(C(C)(C)C)cc(NCC(F)(F)F)cc12. The van der Waals surface area contributed by atoms with Crippen LogP contribution < -0.4 is 10.6 Å². The fourth-order valence-electron chi connectivity index (χ4n) is 3.77. The molecule has 0 bridgehead atoms. The largest absolute Gasteiger partial charge is 0.405 e. The first-order valence-corrected chi connectivity index (χ1v) is 10.5. The minimum Gasteiger partial charge on any atom is -0.402 e. The number of hydrogen-bond donors (Lipinski definition) is 2. The normalized spacial score (nSPS) is 15.0. The van der Waals surface area contributed by atoms with Crippen molar-refractivity contribution in [2.75, 3.05) is 17.2 Å². The van der Waals surface area contributed by atoms with Gasteiger partial charge in [0.25, 0.3) is 5.89 Å². The van der Waals surface area contributed by atoms with E-state index in [1.165, 1.54) is 0 Å². The summed E-state index contributed by atoms with van der Waals surface area (Å²) in [5.74, 6) is 0.294. The second-order valence-electron chi connectivity index (χ2n) is 9.16. The molecule has 1 aliphatic rings. The van der Waals surface area contributed by atoms with Gasteiger partial charge in [0.05, 0.1) is 5.52 Å². The summed E-state index contributed by atoms with van der Waals surface area (Å²) < 4.78 is 44.0. The predicted octanol–water partition coefficient (Wildman–Crippen LogP) is 6.00. The number of halogens is 3. The third-order valence-corrected chi connectivity index (χ3v) is 5.40. The van der Waals surface area contributed by atoms with Crippen molar-refractivity contribution >= 4 is 22.6 Å². The summed E-state index contributed by atoms with van der Waals surface area (Å²) in [5.41, 5.74) is 2.99. The topological polar surface area (TPSA) is 75.9 Å². The van der Waals surface area contributed by atoms with Crippen LogP contribution in [-0.2, 0) is 5.41 Å². The Kier molecular flexibility index (Phi) is 5.60. The molecule has 4 rings (SSSR count). The van der Waals surface area contributed by atoms with Crippen LogP contribution in [0.3, 0.4) is 0 Å². The second-order valence-corrected chi connectivity index (χ2v) is 9.16. The molecule has 0 spiro atoms. The maximum Gasteiger partial charge on any atom is 0.405 e. The molecule has 0 saturated heterocycles. The van der Waals surface area contributed by atoms with Gasteiger partial charge in [0, 0.05) is 17.1 Å². The van der Waals surface area contributed by atoms with Crippen LogP contribution in [0, 0.1) is 6.92 Å². The molecule has 3 aromatic rings. The Balaban J connectivity index is 1.72. The number of nitrogens with one attached hydrogen (secondary N) is 2. The van der Waals surface area contributed by atoms with E-state index >= 15 is 0 Å². The Bertz CT molecular complexity index is 1150. The number of alkyl halides is 3. The highest BCUT2D eigenvalue weighted by molar-refractivity contribution is 5.90. The smallest absolute Gasteiger partial charge is 0.402 e. The van der Waals surface area contributed by atoms with Gasteiger partial charge in [0.2, 0.25) is 0 Å². The molecular formula is C23H26F3N5O. The maximum absolute atomic E-state index is 12.7. The van der Waals surface area contributed by atoms with Crippen LogP contribution in [-0.4, -0.2) is 33.9 Å². The molecule has 1 aromatic carbocycles. The van der Waals surface area contributed by atoms with Gasteiger partial charge < -0.3 is 15.1 Å². The van der Waals surface area contributed by atoms with E-state index < -0.39 is 12.7 Å². The number of aromatic nitrogens is 3. The molecule has 2 heterocycles. The fraction of sp³-hybridized carbons (Fsp3) is 0.435. The summed E-state index contributed by atoms with van der Waals surface area (Å²) in [6.07, 6.45) is 1.73. The van der Waals surface area contributed by atoms with Gasteiger partial charge in [-0.2, -0.15) is 13.2 Å². The number of pyridine rings is 1. The van der Waals surface area contributed by atoms with Crippen molar-refractivity contribution in [1.29, 1.82) is 0 Å². The molecule has 0 unspecified atom stereocenters. The third kappa shape index (κ3) is 4.87. The van der Waals surface area contributed by atoms with E-state index in [9.17, 15) is 13.2 Å². The van der Waals surface area contributed by atoms with Crippen LogP contribution in [0.25, 0.3) is 22.5 Å². The highest BCUT2D eigenvalue weighted by atomic mass is 19.4. The van der Waals surface area contributed by atoms with Gasteiger partial charge in [-0.25, -0.2) is 4.98 Å². The molecule has 2 aromatic heterocycles. The molecule has 0 radical (unpaired) electrons. The first-order valence-electron chi connectivity index (χ1n) is 10.5. The van der Waals surface area contributed by atoms with Crippen molar-refractivity contribution in [3.05, 3.63) is 41.5 Å². The summed E-state index contributed by atoms with van der Waals surface area (Å²) in [6.45, 7) is 6.81. The summed E-state index contributed by atoms with van der Waals surface area (Å²) >= 11 is 0. The minimum absolute atomic E-state index is 0.240. The number of nitrogens with zero attached hydrogens (tertiary/aromatic N) is 3. The highest BCUT2D eigenvalue weighted by Gasteiger charge is 2.28. The van der Waals surface area contributed by atoms with Crippen molar-refractivity contribution in [3.63, 3.8) is 0 Å². The van der Waals surface area contributed by atoms with Crippen LogP contribution >= 0.6 is 0 Å². The molecule has 6 nitrogen and oxygen atoms in total. The van der Waals surface area contributed by atoms with Gasteiger partial charge in [0.15, 0.2) is 0 Å². The van der Waals surface area contributed by atoms with Gasteiger partial charge >= 0.3 is 12.2 Å². The van der Waals surface area contributed by atoms with Gasteiger partial charge in [0.1, 0.15) is 12.2 Å². The zero-order valence-corrected chi connectivity index (χ0v) is 18.5. The van der Waals surface area contributed by atoms with Crippen molar-refractivity contribution in [1.82, 2.24) is 15.2 Å². The van der Waals surface area contributed by atoms with E-state index in [0.717, 1.165) is 29.4 Å².